The molecule has 9 heteroatoms. The summed E-state index contributed by atoms with van der Waals surface area (Å²) in [6.07, 6.45) is 1.03. The van der Waals surface area contributed by atoms with Crippen molar-refractivity contribution in [3.63, 3.8) is 0 Å². The smallest absolute Gasteiger partial charge is 0.257 e. The van der Waals surface area contributed by atoms with Crippen molar-refractivity contribution in [3.8, 4) is 11.3 Å². The van der Waals surface area contributed by atoms with Crippen molar-refractivity contribution >= 4 is 55.0 Å². The van der Waals surface area contributed by atoms with E-state index < -0.39 is 10.0 Å². The minimum absolute atomic E-state index is 0.214. The lowest BCUT2D eigenvalue weighted by Gasteiger charge is -2.34. The Morgan fingerprint density at radius 2 is 1.69 bits per heavy atom. The molecule has 4 rings (SSSR count). The number of hydrogen-bond acceptors (Lipinski definition) is 5. The lowest BCUT2D eigenvalue weighted by atomic mass is 9.94. The zero-order valence-corrected chi connectivity index (χ0v) is 21.6. The first-order valence-electron chi connectivity index (χ1n) is 10.4. The van der Waals surface area contributed by atoms with Gasteiger partial charge in [0, 0.05) is 33.2 Å². The number of sulfonamides is 1. The average Bonchev–Trinajstić information content (AvgIpc) is 3.22. The lowest BCUT2D eigenvalue weighted by molar-refractivity contribution is 0.102. The normalized spacial score (nSPS) is 19.6. The summed E-state index contributed by atoms with van der Waals surface area (Å²) in [5.41, 5.74) is 2.17. The van der Waals surface area contributed by atoms with Crippen molar-refractivity contribution in [2.24, 2.45) is 11.8 Å². The van der Waals surface area contributed by atoms with E-state index in [4.69, 9.17) is 0 Å². The van der Waals surface area contributed by atoms with Gasteiger partial charge in [-0.15, -0.1) is 11.3 Å². The predicted octanol–water partition coefficient (Wildman–Crippen LogP) is 5.33. The number of hydrogen-bond donors (Lipinski definition) is 1. The van der Waals surface area contributed by atoms with Crippen LogP contribution in [0.15, 0.2) is 58.8 Å². The molecule has 0 aliphatic carbocycles. The maximum atomic E-state index is 13.0. The Bertz CT molecular complexity index is 1200. The predicted molar refractivity (Wildman–Crippen MR) is 136 cm³/mol. The number of nitrogens with zero attached hydrogens (tertiary/aromatic N) is 2. The maximum absolute atomic E-state index is 13.0. The van der Waals surface area contributed by atoms with Gasteiger partial charge in [-0.2, -0.15) is 4.31 Å². The summed E-state index contributed by atoms with van der Waals surface area (Å²) in [5, 5.41) is 5.19. The molecular weight excluding hydrogens is 557 g/mol. The highest BCUT2D eigenvalue weighted by Gasteiger charge is 2.31. The van der Waals surface area contributed by atoms with E-state index in [1.807, 2.05) is 29.6 Å². The van der Waals surface area contributed by atoms with Crippen LogP contribution >= 0.6 is 33.9 Å². The molecule has 32 heavy (non-hydrogen) atoms. The van der Waals surface area contributed by atoms with E-state index in [0.29, 0.717) is 35.6 Å². The van der Waals surface area contributed by atoms with Crippen LogP contribution in [-0.2, 0) is 10.0 Å². The Kier molecular flexibility index (Phi) is 6.99. The zero-order chi connectivity index (χ0) is 22.9. The maximum Gasteiger partial charge on any atom is 0.257 e. The van der Waals surface area contributed by atoms with E-state index in [2.05, 4.69) is 46.7 Å². The topological polar surface area (TPSA) is 79.4 Å². The fourth-order valence-corrected chi connectivity index (χ4v) is 6.74. The largest absolute Gasteiger partial charge is 0.298 e. The van der Waals surface area contributed by atoms with Crippen LogP contribution in [-0.4, -0.2) is 36.7 Å². The molecule has 0 radical (unpaired) electrons. The second-order valence-electron chi connectivity index (χ2n) is 8.29. The Hall–Kier alpha value is -1.82. The van der Waals surface area contributed by atoms with Gasteiger partial charge in [-0.1, -0.05) is 26.0 Å². The van der Waals surface area contributed by atoms with Crippen LogP contribution < -0.4 is 5.32 Å². The Morgan fingerprint density at radius 1 is 1.06 bits per heavy atom. The van der Waals surface area contributed by atoms with E-state index in [0.717, 1.165) is 21.2 Å². The van der Waals surface area contributed by atoms with E-state index in [-0.39, 0.29) is 10.8 Å². The third kappa shape index (κ3) is 5.22. The third-order valence-electron chi connectivity index (χ3n) is 5.45. The van der Waals surface area contributed by atoms with Crippen LogP contribution in [0.4, 0.5) is 5.13 Å². The SMILES string of the molecule is C[C@@H]1C[C@H](C)CN(S(=O)(=O)c2ccc(C(=O)Nc3nc(-c4ccc(I)cc4)cs3)cc2)C1. The minimum Gasteiger partial charge on any atom is -0.298 e. The number of halogens is 1. The summed E-state index contributed by atoms with van der Waals surface area (Å²) < 4.78 is 28.8. The number of aromatic nitrogens is 1. The molecule has 1 aliphatic heterocycles. The first-order chi connectivity index (χ1) is 15.2. The van der Waals surface area contributed by atoms with Crippen molar-refractivity contribution in [2.75, 3.05) is 18.4 Å². The number of anilines is 1. The van der Waals surface area contributed by atoms with Gasteiger partial charge >= 0.3 is 0 Å². The number of nitrogens with one attached hydrogen (secondary N) is 1. The van der Waals surface area contributed by atoms with Crippen LogP contribution in [0.2, 0.25) is 0 Å². The van der Waals surface area contributed by atoms with Gasteiger partial charge in [0.05, 0.1) is 10.6 Å². The number of carbonyl (C=O) groups excluding carboxylic acids is 1. The first-order valence-corrected chi connectivity index (χ1v) is 13.8. The molecule has 1 aliphatic rings. The molecule has 0 saturated carbocycles. The van der Waals surface area contributed by atoms with Gasteiger partial charge in [-0.3, -0.25) is 10.1 Å². The van der Waals surface area contributed by atoms with Crippen LogP contribution in [0, 0.1) is 15.4 Å². The van der Waals surface area contributed by atoms with Gasteiger partial charge in [0.1, 0.15) is 0 Å². The number of thiazole rings is 1. The van der Waals surface area contributed by atoms with Gasteiger partial charge in [0.25, 0.3) is 5.91 Å². The van der Waals surface area contributed by atoms with Crippen LogP contribution in [0.25, 0.3) is 11.3 Å². The van der Waals surface area contributed by atoms with Crippen molar-refractivity contribution in [3.05, 3.63) is 63.0 Å². The molecule has 0 bridgehead atoms. The van der Waals surface area contributed by atoms with Crippen molar-refractivity contribution in [1.82, 2.24) is 9.29 Å². The molecule has 0 unspecified atom stereocenters. The highest BCUT2D eigenvalue weighted by molar-refractivity contribution is 14.1. The summed E-state index contributed by atoms with van der Waals surface area (Å²) in [6.45, 7) is 5.21. The molecule has 6 nitrogen and oxygen atoms in total. The fraction of sp³-hybridized carbons (Fsp3) is 0.304. The Labute approximate surface area is 206 Å². The van der Waals surface area contributed by atoms with E-state index >= 15 is 0 Å². The fourth-order valence-electron chi connectivity index (χ4n) is 3.98. The zero-order valence-electron chi connectivity index (χ0n) is 17.8. The number of piperidine rings is 1. The van der Waals surface area contributed by atoms with Crippen molar-refractivity contribution in [1.29, 1.82) is 0 Å². The summed E-state index contributed by atoms with van der Waals surface area (Å²) >= 11 is 3.60. The Balaban J connectivity index is 1.45. The minimum atomic E-state index is -3.57. The quantitative estimate of drug-likeness (QED) is 0.413. The number of amides is 1. The molecule has 2 aromatic carbocycles. The standard InChI is InChI=1S/C23H24IN3O3S2/c1-15-11-16(2)13-27(12-15)32(29,30)20-9-5-18(6-10-20)22(28)26-23-25-21(14-31-23)17-3-7-19(24)8-4-17/h3-10,14-16H,11-13H2,1-2H3,(H,25,26,28)/t15-,16+. The van der Waals surface area contributed by atoms with Crippen molar-refractivity contribution in [2.45, 2.75) is 25.2 Å². The molecule has 2 atom stereocenters. The van der Waals surface area contributed by atoms with Gasteiger partial charge in [0.15, 0.2) is 5.13 Å². The molecule has 1 saturated heterocycles. The van der Waals surface area contributed by atoms with Crippen LogP contribution in [0.5, 0.6) is 0 Å². The molecule has 3 aromatic rings. The molecule has 1 fully saturated rings. The van der Waals surface area contributed by atoms with Gasteiger partial charge in [-0.05, 0) is 77.2 Å². The first kappa shape index (κ1) is 23.3. The molecule has 1 aromatic heterocycles. The summed E-state index contributed by atoms with van der Waals surface area (Å²) in [5.74, 6) is 0.347. The van der Waals surface area contributed by atoms with E-state index in [1.165, 1.54) is 23.5 Å². The third-order valence-corrected chi connectivity index (χ3v) is 8.78. The van der Waals surface area contributed by atoms with Gasteiger partial charge in [0.2, 0.25) is 10.0 Å². The van der Waals surface area contributed by atoms with Gasteiger partial charge < -0.3 is 0 Å². The summed E-state index contributed by atoms with van der Waals surface area (Å²) in [4.78, 5) is 17.4. The van der Waals surface area contributed by atoms with E-state index in [1.54, 1.807) is 16.4 Å². The monoisotopic (exact) mass is 581 g/mol. The Morgan fingerprint density at radius 3 is 2.31 bits per heavy atom. The van der Waals surface area contributed by atoms with Gasteiger partial charge in [-0.25, -0.2) is 13.4 Å². The van der Waals surface area contributed by atoms with Crippen molar-refractivity contribution < 1.29 is 13.2 Å². The second-order valence-corrected chi connectivity index (χ2v) is 12.3. The number of rotatable bonds is 5. The van der Waals surface area contributed by atoms with Crippen LogP contribution in [0.3, 0.4) is 0 Å². The van der Waals surface area contributed by atoms with E-state index in [9.17, 15) is 13.2 Å². The molecule has 0 spiro atoms. The average molecular weight is 582 g/mol. The molecule has 1 N–H and O–H groups in total. The lowest BCUT2D eigenvalue weighted by Crippen LogP contribution is -2.42. The summed E-state index contributed by atoms with van der Waals surface area (Å²) in [6, 6.07) is 14.1. The van der Waals surface area contributed by atoms with Crippen LogP contribution in [0.1, 0.15) is 30.6 Å². The number of carbonyl (C=O) groups is 1. The molecular formula is C23H24IN3O3S2. The highest BCUT2D eigenvalue weighted by atomic mass is 127. The number of benzene rings is 2. The second kappa shape index (κ2) is 9.58. The highest BCUT2D eigenvalue weighted by Crippen LogP contribution is 2.28. The molecule has 1 amide bonds. The molecule has 2 heterocycles. The summed E-state index contributed by atoms with van der Waals surface area (Å²) in [7, 11) is -3.57. The molecule has 168 valence electrons.